The number of anilines is 1. The second kappa shape index (κ2) is 5.84. The van der Waals surface area contributed by atoms with Crippen LogP contribution in [0, 0.1) is 0 Å². The molecular formula is C15H13N3O4S2. The summed E-state index contributed by atoms with van der Waals surface area (Å²) in [7, 11) is -1.71. The molecule has 9 heteroatoms. The first kappa shape index (κ1) is 16.3. The van der Waals surface area contributed by atoms with Crippen LogP contribution in [0.4, 0.5) is 5.13 Å². The number of pyridine rings is 1. The highest BCUT2D eigenvalue weighted by molar-refractivity contribution is 7.90. The maximum absolute atomic E-state index is 12.2. The second-order valence-corrected chi connectivity index (χ2v) is 8.29. The standard InChI is InChI=1S/C15H13N3O4S2/c1-18-6-5-9(7-13(18)19)14(20)17-15-16-11-4-3-10(24(2,21)22)8-12(11)23-15/h3-8H,1-2H3,(H,16,17,20). The number of benzene rings is 1. The van der Waals surface area contributed by atoms with Crippen molar-refractivity contribution in [3.8, 4) is 0 Å². The van der Waals surface area contributed by atoms with Gasteiger partial charge in [0.25, 0.3) is 11.5 Å². The Labute approximate surface area is 141 Å². The van der Waals surface area contributed by atoms with Crippen LogP contribution in [0.5, 0.6) is 0 Å². The van der Waals surface area contributed by atoms with E-state index >= 15 is 0 Å². The number of aryl methyl sites for hydroxylation is 1. The van der Waals surface area contributed by atoms with Crippen LogP contribution in [0.2, 0.25) is 0 Å². The molecule has 1 aromatic carbocycles. The largest absolute Gasteiger partial charge is 0.319 e. The van der Waals surface area contributed by atoms with E-state index < -0.39 is 15.7 Å². The molecule has 7 nitrogen and oxygen atoms in total. The van der Waals surface area contributed by atoms with Crippen LogP contribution in [0.3, 0.4) is 0 Å². The zero-order valence-corrected chi connectivity index (χ0v) is 14.4. The van der Waals surface area contributed by atoms with E-state index in [1.54, 1.807) is 13.1 Å². The Morgan fingerprint density at radius 1 is 1.25 bits per heavy atom. The van der Waals surface area contributed by atoms with Gasteiger partial charge >= 0.3 is 0 Å². The minimum absolute atomic E-state index is 0.197. The van der Waals surface area contributed by atoms with Crippen molar-refractivity contribution in [3.63, 3.8) is 0 Å². The van der Waals surface area contributed by atoms with Crippen molar-refractivity contribution < 1.29 is 13.2 Å². The molecule has 0 aliphatic heterocycles. The molecule has 0 spiro atoms. The normalized spacial score (nSPS) is 11.6. The third-order valence-corrected chi connectivity index (χ3v) is 5.42. The number of hydrogen-bond donors (Lipinski definition) is 1. The highest BCUT2D eigenvalue weighted by Gasteiger charge is 2.13. The lowest BCUT2D eigenvalue weighted by Crippen LogP contribution is -2.19. The fourth-order valence-electron chi connectivity index (χ4n) is 2.05. The third-order valence-electron chi connectivity index (χ3n) is 3.38. The van der Waals surface area contributed by atoms with Gasteiger partial charge in [-0.3, -0.25) is 14.9 Å². The summed E-state index contributed by atoms with van der Waals surface area (Å²) in [6.07, 6.45) is 2.64. The van der Waals surface area contributed by atoms with E-state index in [1.807, 2.05) is 0 Å². The molecule has 1 amide bonds. The van der Waals surface area contributed by atoms with Crippen LogP contribution < -0.4 is 10.9 Å². The van der Waals surface area contributed by atoms with Crippen molar-refractivity contribution in [3.05, 3.63) is 52.4 Å². The highest BCUT2D eigenvalue weighted by Crippen LogP contribution is 2.28. The molecule has 1 N–H and O–H groups in total. The summed E-state index contributed by atoms with van der Waals surface area (Å²) in [5, 5.41) is 2.96. The molecule has 2 heterocycles. The highest BCUT2D eigenvalue weighted by atomic mass is 32.2. The van der Waals surface area contributed by atoms with Crippen molar-refractivity contribution in [1.29, 1.82) is 0 Å². The number of aromatic nitrogens is 2. The summed E-state index contributed by atoms with van der Waals surface area (Å²) < 4.78 is 25.2. The molecule has 0 bridgehead atoms. The van der Waals surface area contributed by atoms with Crippen LogP contribution in [-0.2, 0) is 16.9 Å². The third kappa shape index (κ3) is 3.22. The molecule has 124 valence electrons. The zero-order chi connectivity index (χ0) is 17.5. The first-order valence-corrected chi connectivity index (χ1v) is 9.53. The number of nitrogens with one attached hydrogen (secondary N) is 1. The molecule has 0 saturated heterocycles. The number of rotatable bonds is 3. The van der Waals surface area contributed by atoms with E-state index in [4.69, 9.17) is 0 Å². The number of fused-ring (bicyclic) bond motifs is 1. The predicted octanol–water partition coefficient (Wildman–Crippen LogP) is 1.65. The number of carbonyl (C=O) groups excluding carboxylic acids is 1. The van der Waals surface area contributed by atoms with Crippen molar-refractivity contribution >= 4 is 42.4 Å². The maximum atomic E-state index is 12.2. The molecule has 0 aliphatic rings. The van der Waals surface area contributed by atoms with E-state index in [1.165, 1.54) is 46.4 Å². The topological polar surface area (TPSA) is 98.1 Å². The van der Waals surface area contributed by atoms with Gasteiger partial charge in [-0.2, -0.15) is 0 Å². The molecule has 2 aromatic heterocycles. The lowest BCUT2D eigenvalue weighted by Gasteiger charge is -2.02. The molecule has 0 aliphatic carbocycles. The van der Waals surface area contributed by atoms with Gasteiger partial charge in [-0.05, 0) is 24.3 Å². The van der Waals surface area contributed by atoms with Crippen LogP contribution in [-0.4, -0.2) is 30.1 Å². The zero-order valence-electron chi connectivity index (χ0n) is 12.8. The monoisotopic (exact) mass is 363 g/mol. The minimum atomic E-state index is -3.31. The lowest BCUT2D eigenvalue weighted by molar-refractivity contribution is 0.102. The Bertz CT molecular complexity index is 1110. The Morgan fingerprint density at radius 2 is 2.00 bits per heavy atom. The lowest BCUT2D eigenvalue weighted by atomic mass is 10.2. The smallest absolute Gasteiger partial charge is 0.257 e. The SMILES string of the molecule is Cn1ccc(C(=O)Nc2nc3ccc(S(C)(=O)=O)cc3s2)cc1=O. The maximum Gasteiger partial charge on any atom is 0.257 e. The van der Waals surface area contributed by atoms with Crippen LogP contribution in [0.15, 0.2) is 46.2 Å². The van der Waals surface area contributed by atoms with Crippen molar-refractivity contribution in [1.82, 2.24) is 9.55 Å². The Kier molecular flexibility index (Phi) is 3.98. The molecule has 0 saturated carbocycles. The van der Waals surface area contributed by atoms with Gasteiger partial charge in [0.1, 0.15) is 0 Å². The number of nitrogens with zero attached hydrogens (tertiary/aromatic N) is 2. The summed E-state index contributed by atoms with van der Waals surface area (Å²) in [4.78, 5) is 28.2. The number of carbonyl (C=O) groups is 1. The van der Waals surface area contributed by atoms with Gasteiger partial charge in [0.05, 0.1) is 15.1 Å². The Morgan fingerprint density at radius 3 is 2.67 bits per heavy atom. The van der Waals surface area contributed by atoms with E-state index in [0.29, 0.717) is 15.3 Å². The summed E-state index contributed by atoms with van der Waals surface area (Å²) in [6, 6.07) is 7.37. The summed E-state index contributed by atoms with van der Waals surface area (Å²) in [5.41, 5.74) is 0.533. The summed E-state index contributed by atoms with van der Waals surface area (Å²) >= 11 is 1.17. The summed E-state index contributed by atoms with van der Waals surface area (Å²) in [6.45, 7) is 0. The van der Waals surface area contributed by atoms with Gasteiger partial charge < -0.3 is 4.57 Å². The fourth-order valence-corrected chi connectivity index (χ4v) is 3.67. The van der Waals surface area contributed by atoms with Crippen molar-refractivity contribution in [2.75, 3.05) is 11.6 Å². The second-order valence-electron chi connectivity index (χ2n) is 5.24. The predicted molar refractivity (Wildman–Crippen MR) is 92.4 cm³/mol. The molecule has 0 unspecified atom stereocenters. The van der Waals surface area contributed by atoms with Crippen LogP contribution in [0.1, 0.15) is 10.4 Å². The molecule has 3 rings (SSSR count). The quantitative estimate of drug-likeness (QED) is 0.763. The number of hydrogen-bond acceptors (Lipinski definition) is 6. The first-order chi connectivity index (χ1) is 11.2. The number of amides is 1. The molecule has 0 atom stereocenters. The van der Waals surface area contributed by atoms with Gasteiger partial charge in [-0.15, -0.1) is 0 Å². The number of thiazole rings is 1. The van der Waals surface area contributed by atoms with Gasteiger partial charge in [0, 0.05) is 31.1 Å². The van der Waals surface area contributed by atoms with Crippen LogP contribution >= 0.6 is 11.3 Å². The molecule has 3 aromatic rings. The fraction of sp³-hybridized carbons (Fsp3) is 0.133. The van der Waals surface area contributed by atoms with Gasteiger partial charge in [-0.25, -0.2) is 13.4 Å². The van der Waals surface area contributed by atoms with Gasteiger partial charge in [0.2, 0.25) is 0 Å². The molecule has 24 heavy (non-hydrogen) atoms. The summed E-state index contributed by atoms with van der Waals surface area (Å²) in [5.74, 6) is -0.449. The van der Waals surface area contributed by atoms with E-state index in [0.717, 1.165) is 6.26 Å². The van der Waals surface area contributed by atoms with E-state index in [2.05, 4.69) is 10.3 Å². The molecule has 0 fully saturated rings. The van der Waals surface area contributed by atoms with Crippen molar-refractivity contribution in [2.45, 2.75) is 4.90 Å². The average molecular weight is 363 g/mol. The van der Waals surface area contributed by atoms with Gasteiger partial charge in [0.15, 0.2) is 15.0 Å². The van der Waals surface area contributed by atoms with E-state index in [9.17, 15) is 18.0 Å². The van der Waals surface area contributed by atoms with Gasteiger partial charge in [-0.1, -0.05) is 11.3 Å². The minimum Gasteiger partial charge on any atom is -0.319 e. The first-order valence-electron chi connectivity index (χ1n) is 6.83. The van der Waals surface area contributed by atoms with Crippen LogP contribution in [0.25, 0.3) is 10.2 Å². The average Bonchev–Trinajstić information content (AvgIpc) is 2.90. The molecular weight excluding hydrogens is 350 g/mol. The van der Waals surface area contributed by atoms with Crippen molar-refractivity contribution in [2.24, 2.45) is 7.05 Å². The molecule has 0 radical (unpaired) electrons. The number of sulfone groups is 1. The van der Waals surface area contributed by atoms with E-state index in [-0.39, 0.29) is 16.0 Å². The Hall–Kier alpha value is -2.52. The Balaban J connectivity index is 1.91.